The summed E-state index contributed by atoms with van der Waals surface area (Å²) in [5.74, 6) is -1.39. The van der Waals surface area contributed by atoms with E-state index in [1.807, 2.05) is 48.5 Å². The van der Waals surface area contributed by atoms with Crippen molar-refractivity contribution in [3.05, 3.63) is 0 Å². The predicted molar refractivity (Wildman–Crippen MR) is 167 cm³/mol. The number of rotatable bonds is 24. The van der Waals surface area contributed by atoms with Crippen LogP contribution >= 0.6 is 0 Å². The van der Waals surface area contributed by atoms with Crippen molar-refractivity contribution < 1.29 is 38.9 Å². The van der Waals surface area contributed by atoms with Crippen LogP contribution in [0.4, 0.5) is 0 Å². The molecule has 2 unspecified atom stereocenters. The fourth-order valence-electron chi connectivity index (χ4n) is 4.23. The highest BCUT2D eigenvalue weighted by Crippen LogP contribution is 2.33. The van der Waals surface area contributed by atoms with Gasteiger partial charge in [-0.3, -0.25) is 0 Å². The molecule has 0 bridgehead atoms. The number of hydrogen-bond acceptors (Lipinski definition) is 8. The fraction of sp³-hybridized carbons (Fsp3) is 0.941. The van der Waals surface area contributed by atoms with E-state index < -0.39 is 34.3 Å². The Balaban J connectivity index is 5.07. The van der Waals surface area contributed by atoms with Gasteiger partial charge >= 0.3 is 11.9 Å². The van der Waals surface area contributed by atoms with Gasteiger partial charge in [0.15, 0.2) is 0 Å². The first-order valence-electron chi connectivity index (χ1n) is 16.7. The molecule has 2 atom stereocenters. The Kier molecular flexibility index (Phi) is 20.9. The van der Waals surface area contributed by atoms with Crippen LogP contribution in [0.15, 0.2) is 0 Å². The van der Waals surface area contributed by atoms with Crippen LogP contribution in [0.25, 0.3) is 0 Å². The molecule has 0 radical (unpaired) electrons. The molecule has 0 aromatic heterocycles. The predicted octanol–water partition coefficient (Wildman–Crippen LogP) is 10.1. The molecule has 0 saturated heterocycles. The van der Waals surface area contributed by atoms with Crippen LogP contribution in [0, 0.1) is 0 Å². The van der Waals surface area contributed by atoms with Crippen LogP contribution in [0.1, 0.15) is 185 Å². The Morgan fingerprint density at radius 3 is 1.43 bits per heavy atom. The van der Waals surface area contributed by atoms with E-state index in [-0.39, 0.29) is 12.8 Å². The Labute approximate surface area is 258 Å². The average Bonchev–Trinajstić information content (AvgIpc) is 2.91. The lowest BCUT2D eigenvalue weighted by Crippen LogP contribution is -2.44. The monoisotopic (exact) mass is 602 g/mol. The lowest BCUT2D eigenvalue weighted by Gasteiger charge is -2.35. The fourth-order valence-corrected chi connectivity index (χ4v) is 4.23. The standard InChI is InChI=1S/C34H66O8/c1-11-13-15-17-18-19-20-21-23-25-29(35)37-38-30(36)34(10,42-40-32(6,7)8)28-27-33(9,41-39-31(3,4)5)26-24-22-16-14-12-2/h11-28H2,1-10H3. The third-order valence-electron chi connectivity index (χ3n) is 7.04. The van der Waals surface area contributed by atoms with Gasteiger partial charge in [0.1, 0.15) is 5.60 Å². The lowest BCUT2D eigenvalue weighted by atomic mass is 9.87. The normalized spacial score (nSPS) is 15.2. The summed E-state index contributed by atoms with van der Waals surface area (Å²) in [6, 6.07) is 0. The maximum atomic E-state index is 13.2. The molecular formula is C34H66O8. The minimum atomic E-state index is -1.53. The highest BCUT2D eigenvalue weighted by atomic mass is 17.2. The Morgan fingerprint density at radius 2 is 0.929 bits per heavy atom. The molecule has 0 fully saturated rings. The van der Waals surface area contributed by atoms with E-state index in [4.69, 9.17) is 29.3 Å². The van der Waals surface area contributed by atoms with Crippen LogP contribution in [-0.4, -0.2) is 34.3 Å². The summed E-state index contributed by atoms with van der Waals surface area (Å²) in [4.78, 5) is 58.3. The molecule has 0 N–H and O–H groups in total. The van der Waals surface area contributed by atoms with Crippen LogP contribution in [0.3, 0.4) is 0 Å². The zero-order valence-electron chi connectivity index (χ0n) is 29.0. The minimum Gasteiger partial charge on any atom is -0.247 e. The van der Waals surface area contributed by atoms with E-state index >= 15 is 0 Å². The van der Waals surface area contributed by atoms with Crippen LogP contribution in [-0.2, 0) is 38.9 Å². The van der Waals surface area contributed by atoms with Crippen molar-refractivity contribution in [1.82, 2.24) is 0 Å². The largest absolute Gasteiger partial charge is 0.390 e. The van der Waals surface area contributed by atoms with E-state index in [1.165, 1.54) is 57.8 Å². The van der Waals surface area contributed by atoms with Crippen molar-refractivity contribution in [3.8, 4) is 0 Å². The average molecular weight is 603 g/mol. The second-order valence-corrected chi connectivity index (χ2v) is 14.3. The van der Waals surface area contributed by atoms with Gasteiger partial charge in [-0.15, -0.1) is 0 Å². The summed E-state index contributed by atoms with van der Waals surface area (Å²) in [5.41, 5.74) is -3.35. The first-order valence-corrected chi connectivity index (χ1v) is 16.7. The molecule has 42 heavy (non-hydrogen) atoms. The molecule has 8 nitrogen and oxygen atoms in total. The first-order chi connectivity index (χ1) is 19.6. The second kappa shape index (κ2) is 21.5. The van der Waals surface area contributed by atoms with Crippen LogP contribution in [0.5, 0.6) is 0 Å². The van der Waals surface area contributed by atoms with Gasteiger partial charge in [0.25, 0.3) is 0 Å². The smallest absolute Gasteiger partial charge is 0.247 e. The van der Waals surface area contributed by atoms with Crippen molar-refractivity contribution >= 4 is 11.9 Å². The third-order valence-corrected chi connectivity index (χ3v) is 7.04. The zero-order chi connectivity index (χ0) is 32.1. The SMILES string of the molecule is CCCCCCCCCCCC(=O)OOC(=O)C(C)(CCC(C)(CCCCCCC)OOC(C)(C)C)OOC(C)(C)C. The number of carbonyl (C=O) groups excluding carboxylic acids is 2. The molecule has 0 amide bonds. The Hall–Kier alpha value is -1.22. The van der Waals surface area contributed by atoms with Gasteiger partial charge in [-0.25, -0.2) is 38.9 Å². The first kappa shape index (κ1) is 40.8. The van der Waals surface area contributed by atoms with Crippen molar-refractivity contribution in [1.29, 1.82) is 0 Å². The summed E-state index contributed by atoms with van der Waals surface area (Å²) in [6.07, 6.45) is 17.5. The molecule has 250 valence electrons. The van der Waals surface area contributed by atoms with Crippen molar-refractivity contribution in [2.45, 2.75) is 207 Å². The van der Waals surface area contributed by atoms with Crippen molar-refractivity contribution in [2.24, 2.45) is 0 Å². The van der Waals surface area contributed by atoms with Crippen molar-refractivity contribution in [3.63, 3.8) is 0 Å². The molecule has 0 rings (SSSR count). The summed E-state index contributed by atoms with van der Waals surface area (Å²) < 4.78 is 0. The number of unbranched alkanes of at least 4 members (excludes halogenated alkanes) is 12. The maximum absolute atomic E-state index is 13.2. The van der Waals surface area contributed by atoms with Crippen molar-refractivity contribution in [2.75, 3.05) is 0 Å². The van der Waals surface area contributed by atoms with Crippen LogP contribution in [0.2, 0.25) is 0 Å². The summed E-state index contributed by atoms with van der Waals surface area (Å²) >= 11 is 0. The highest BCUT2D eigenvalue weighted by Gasteiger charge is 2.43. The van der Waals surface area contributed by atoms with E-state index in [9.17, 15) is 9.59 Å². The van der Waals surface area contributed by atoms with Gasteiger partial charge in [0, 0.05) is 0 Å². The van der Waals surface area contributed by atoms with E-state index in [2.05, 4.69) is 13.8 Å². The van der Waals surface area contributed by atoms with Gasteiger partial charge in [0.05, 0.1) is 17.6 Å². The van der Waals surface area contributed by atoms with E-state index in [1.54, 1.807) is 6.92 Å². The van der Waals surface area contributed by atoms with Gasteiger partial charge in [-0.2, -0.15) is 0 Å². The number of hydrogen-bond donors (Lipinski definition) is 0. The second-order valence-electron chi connectivity index (χ2n) is 14.3. The highest BCUT2D eigenvalue weighted by molar-refractivity contribution is 5.79. The molecule has 0 aromatic carbocycles. The van der Waals surface area contributed by atoms with Gasteiger partial charge in [0.2, 0.25) is 5.60 Å². The van der Waals surface area contributed by atoms with E-state index in [0.717, 1.165) is 32.1 Å². The van der Waals surface area contributed by atoms with Gasteiger partial charge < -0.3 is 0 Å². The molecule has 0 aliphatic carbocycles. The molecule has 0 heterocycles. The summed E-state index contributed by atoms with van der Waals surface area (Å²) in [7, 11) is 0. The quantitative estimate of drug-likeness (QED) is 0.0612. The molecule has 8 heteroatoms. The van der Waals surface area contributed by atoms with E-state index in [0.29, 0.717) is 12.8 Å². The zero-order valence-corrected chi connectivity index (χ0v) is 29.0. The molecule has 0 aliphatic rings. The minimum absolute atomic E-state index is 0.202. The Morgan fingerprint density at radius 1 is 0.476 bits per heavy atom. The summed E-state index contributed by atoms with van der Waals surface area (Å²) in [5, 5.41) is 0. The molecule has 0 aromatic rings. The molecule has 0 aliphatic heterocycles. The lowest BCUT2D eigenvalue weighted by molar-refractivity contribution is -0.414. The third kappa shape index (κ3) is 22.3. The Bertz CT molecular complexity index is 711. The topological polar surface area (TPSA) is 89.5 Å². The number of carbonyl (C=O) groups is 2. The molecular weight excluding hydrogens is 536 g/mol. The molecule has 0 spiro atoms. The summed E-state index contributed by atoms with van der Waals surface area (Å²) in [6.45, 7) is 19.2. The molecule has 0 saturated carbocycles. The van der Waals surface area contributed by atoms with Crippen LogP contribution < -0.4 is 0 Å². The van der Waals surface area contributed by atoms with Gasteiger partial charge in [-0.05, 0) is 81.1 Å². The van der Waals surface area contributed by atoms with Gasteiger partial charge in [-0.1, -0.05) is 97.3 Å². The maximum Gasteiger partial charge on any atom is 0.390 e.